The van der Waals surface area contributed by atoms with Crippen LogP contribution in [0, 0.1) is 0 Å². The van der Waals surface area contributed by atoms with Crippen LogP contribution in [0.15, 0.2) is 70.6 Å². The van der Waals surface area contributed by atoms with Gasteiger partial charge < -0.3 is 5.32 Å². The van der Waals surface area contributed by atoms with Gasteiger partial charge in [0.2, 0.25) is 11.8 Å². The minimum atomic E-state index is -3.93. The van der Waals surface area contributed by atoms with Gasteiger partial charge in [0.05, 0.1) is 10.6 Å². The summed E-state index contributed by atoms with van der Waals surface area (Å²) in [4.78, 5) is 39.2. The number of pyridine rings is 1. The molecule has 2 heterocycles. The van der Waals surface area contributed by atoms with Crippen LogP contribution in [0.1, 0.15) is 19.8 Å². The number of anilines is 1. The van der Waals surface area contributed by atoms with Crippen molar-refractivity contribution in [2.45, 2.75) is 31.2 Å². The van der Waals surface area contributed by atoms with Gasteiger partial charge in [-0.25, -0.2) is 17.8 Å². The normalized spacial score (nSPS) is 11.0. The Labute approximate surface area is 184 Å². The summed E-state index contributed by atoms with van der Waals surface area (Å²) in [6, 6.07) is 12.1. The Balaban J connectivity index is 1.56. The Morgan fingerprint density at radius 2 is 1.81 bits per heavy atom. The summed E-state index contributed by atoms with van der Waals surface area (Å²) in [6.07, 6.45) is 3.81. The molecule has 0 bridgehead atoms. The number of amides is 2. The van der Waals surface area contributed by atoms with Gasteiger partial charge in [0.25, 0.3) is 15.6 Å². The number of hydrogen-bond acceptors (Lipinski definition) is 7. The van der Waals surface area contributed by atoms with Crippen molar-refractivity contribution in [1.29, 1.82) is 0 Å². The fourth-order valence-electron chi connectivity index (χ4n) is 2.86. The van der Waals surface area contributed by atoms with Gasteiger partial charge in [0.15, 0.2) is 0 Å². The minimum absolute atomic E-state index is 0.0929. The molecule has 0 saturated carbocycles. The summed E-state index contributed by atoms with van der Waals surface area (Å²) < 4.78 is 27.0. The molecule has 2 amide bonds. The standard InChI is InChI=1S/C21H21N5O5S/c1-15(27)25-32(30,31)18-8-6-17(7-9-18)23-20(28)5-3-13-26-21(29)11-10-19(24-26)16-4-2-12-22-14-16/h2,4,6-12,14H,3,5,13H2,1H3,(H,23,28)(H,25,27). The van der Waals surface area contributed by atoms with Crippen LogP contribution < -0.4 is 15.6 Å². The molecule has 0 aliphatic carbocycles. The first-order valence-electron chi connectivity index (χ1n) is 9.66. The smallest absolute Gasteiger partial charge is 0.266 e. The lowest BCUT2D eigenvalue weighted by atomic mass is 10.2. The Morgan fingerprint density at radius 1 is 1.06 bits per heavy atom. The predicted molar refractivity (Wildman–Crippen MR) is 117 cm³/mol. The van der Waals surface area contributed by atoms with E-state index < -0.39 is 15.9 Å². The van der Waals surface area contributed by atoms with Crippen LogP contribution in [0.2, 0.25) is 0 Å². The molecule has 0 fully saturated rings. The maximum Gasteiger partial charge on any atom is 0.266 e. The third kappa shape index (κ3) is 6.08. The van der Waals surface area contributed by atoms with E-state index in [9.17, 15) is 22.8 Å². The Hall–Kier alpha value is -3.86. The topological polar surface area (TPSA) is 140 Å². The van der Waals surface area contributed by atoms with Crippen molar-refractivity contribution >= 4 is 27.5 Å². The first-order chi connectivity index (χ1) is 15.2. The van der Waals surface area contributed by atoms with Gasteiger partial charge in [-0.15, -0.1) is 0 Å². The van der Waals surface area contributed by atoms with Gasteiger partial charge in [-0.2, -0.15) is 5.10 Å². The number of aromatic nitrogens is 3. The molecule has 3 aromatic rings. The summed E-state index contributed by atoms with van der Waals surface area (Å²) in [5, 5.41) is 6.98. The van der Waals surface area contributed by atoms with E-state index in [4.69, 9.17) is 0 Å². The summed E-state index contributed by atoms with van der Waals surface area (Å²) in [5.41, 5.74) is 1.53. The van der Waals surface area contributed by atoms with Gasteiger partial charge in [0.1, 0.15) is 0 Å². The molecule has 0 unspecified atom stereocenters. The van der Waals surface area contributed by atoms with Crippen molar-refractivity contribution in [2.75, 3.05) is 5.32 Å². The molecule has 2 N–H and O–H groups in total. The maximum absolute atomic E-state index is 12.2. The fourth-order valence-corrected chi connectivity index (χ4v) is 3.85. The first kappa shape index (κ1) is 22.8. The molecule has 1 aromatic carbocycles. The molecule has 0 atom stereocenters. The third-order valence-corrected chi connectivity index (χ3v) is 5.77. The van der Waals surface area contributed by atoms with E-state index in [2.05, 4.69) is 15.4 Å². The second-order valence-electron chi connectivity index (χ2n) is 6.86. The highest BCUT2D eigenvalue weighted by molar-refractivity contribution is 7.90. The van der Waals surface area contributed by atoms with Gasteiger partial charge in [-0.1, -0.05) is 0 Å². The van der Waals surface area contributed by atoms with E-state index in [0.29, 0.717) is 17.8 Å². The zero-order chi connectivity index (χ0) is 23.1. The van der Waals surface area contributed by atoms with Gasteiger partial charge >= 0.3 is 0 Å². The summed E-state index contributed by atoms with van der Waals surface area (Å²) in [5.74, 6) is -0.985. The molecule has 0 aliphatic rings. The van der Waals surface area contributed by atoms with E-state index in [-0.39, 0.29) is 29.3 Å². The minimum Gasteiger partial charge on any atom is -0.326 e. The molecule has 166 valence electrons. The van der Waals surface area contributed by atoms with Crippen molar-refractivity contribution < 1.29 is 18.0 Å². The van der Waals surface area contributed by atoms with E-state index >= 15 is 0 Å². The quantitative estimate of drug-likeness (QED) is 0.525. The number of nitrogens with zero attached hydrogens (tertiary/aromatic N) is 3. The molecule has 0 saturated heterocycles. The summed E-state index contributed by atoms with van der Waals surface area (Å²) >= 11 is 0. The van der Waals surface area contributed by atoms with Crippen molar-refractivity contribution in [3.8, 4) is 11.3 Å². The highest BCUT2D eigenvalue weighted by atomic mass is 32.2. The number of carbonyl (C=O) groups excluding carboxylic acids is 2. The number of carbonyl (C=O) groups is 2. The lowest BCUT2D eigenvalue weighted by Gasteiger charge is -2.09. The van der Waals surface area contributed by atoms with Crippen LogP contribution in [-0.2, 0) is 26.2 Å². The molecule has 3 rings (SSSR count). The first-order valence-corrected chi connectivity index (χ1v) is 11.1. The molecule has 0 aliphatic heterocycles. The maximum atomic E-state index is 12.2. The van der Waals surface area contributed by atoms with E-state index in [0.717, 1.165) is 12.5 Å². The number of benzene rings is 1. The molecule has 10 nitrogen and oxygen atoms in total. The second kappa shape index (κ2) is 9.96. The van der Waals surface area contributed by atoms with Crippen LogP contribution in [-0.4, -0.2) is 35.0 Å². The third-order valence-electron chi connectivity index (χ3n) is 4.32. The Bertz CT molecular complexity index is 1270. The SMILES string of the molecule is CC(=O)NS(=O)(=O)c1ccc(NC(=O)CCCn2nc(-c3cccnc3)ccc2=O)cc1. The summed E-state index contributed by atoms with van der Waals surface area (Å²) in [7, 11) is -3.93. The van der Waals surface area contributed by atoms with Crippen LogP contribution in [0.25, 0.3) is 11.3 Å². The highest BCUT2D eigenvalue weighted by Gasteiger charge is 2.15. The van der Waals surface area contributed by atoms with Gasteiger partial charge in [-0.05, 0) is 48.9 Å². The molecule has 0 spiro atoms. The average molecular weight is 455 g/mol. The van der Waals surface area contributed by atoms with Crippen LogP contribution in [0.5, 0.6) is 0 Å². The van der Waals surface area contributed by atoms with Crippen LogP contribution >= 0.6 is 0 Å². The largest absolute Gasteiger partial charge is 0.326 e. The number of sulfonamides is 1. The second-order valence-corrected chi connectivity index (χ2v) is 8.54. The predicted octanol–water partition coefficient (Wildman–Crippen LogP) is 1.55. The van der Waals surface area contributed by atoms with Crippen LogP contribution in [0.3, 0.4) is 0 Å². The van der Waals surface area contributed by atoms with Crippen molar-refractivity contribution in [3.05, 3.63) is 71.3 Å². The van der Waals surface area contributed by atoms with Crippen molar-refractivity contribution in [3.63, 3.8) is 0 Å². The number of hydrogen-bond donors (Lipinski definition) is 2. The number of aryl methyl sites for hydroxylation is 1. The molecular weight excluding hydrogens is 434 g/mol. The Morgan fingerprint density at radius 3 is 2.47 bits per heavy atom. The van der Waals surface area contributed by atoms with E-state index in [1.165, 1.54) is 35.0 Å². The van der Waals surface area contributed by atoms with Crippen LogP contribution in [0.4, 0.5) is 5.69 Å². The van der Waals surface area contributed by atoms with E-state index in [1.54, 1.807) is 24.5 Å². The molecule has 0 radical (unpaired) electrons. The zero-order valence-corrected chi connectivity index (χ0v) is 18.0. The lowest BCUT2D eigenvalue weighted by Crippen LogP contribution is -2.28. The fraction of sp³-hybridized carbons (Fsp3) is 0.190. The molecular formula is C21H21N5O5S. The van der Waals surface area contributed by atoms with Crippen molar-refractivity contribution in [2.24, 2.45) is 0 Å². The van der Waals surface area contributed by atoms with E-state index in [1.807, 2.05) is 10.8 Å². The zero-order valence-electron chi connectivity index (χ0n) is 17.2. The summed E-state index contributed by atoms with van der Waals surface area (Å²) in [6.45, 7) is 1.36. The molecule has 11 heteroatoms. The number of nitrogens with one attached hydrogen (secondary N) is 2. The molecule has 2 aromatic heterocycles. The average Bonchev–Trinajstić information content (AvgIpc) is 2.75. The number of rotatable bonds is 8. The molecule has 32 heavy (non-hydrogen) atoms. The van der Waals surface area contributed by atoms with Gasteiger partial charge in [-0.3, -0.25) is 19.4 Å². The monoisotopic (exact) mass is 455 g/mol. The Kier molecular flexibility index (Phi) is 7.11. The van der Waals surface area contributed by atoms with Gasteiger partial charge in [0, 0.05) is 49.6 Å². The van der Waals surface area contributed by atoms with Crippen molar-refractivity contribution in [1.82, 2.24) is 19.5 Å². The highest BCUT2D eigenvalue weighted by Crippen LogP contribution is 2.15. The lowest BCUT2D eigenvalue weighted by molar-refractivity contribution is -0.117.